The molecule has 4 heteroatoms. The standard InChI is InChI=1S/C29H35N3O/c1-27(2,3)19-28(4,5)21-17-18-24(32-30-22-15-11-12-16-23(22)31(30)32)26(33)25(21)29(6,7)20-13-9-8-10-14-20/h8-18,33H,19H2,1-7H3. The van der Waals surface area contributed by atoms with Crippen LogP contribution in [0.25, 0.3) is 16.7 Å². The molecule has 0 bridgehead atoms. The molecule has 0 unspecified atom stereocenters. The number of hydrogen-bond donors (Lipinski definition) is 1. The summed E-state index contributed by atoms with van der Waals surface area (Å²) in [6.45, 7) is 15.9. The van der Waals surface area contributed by atoms with E-state index in [1.54, 1.807) is 0 Å². The molecular weight excluding hydrogens is 406 g/mol. The van der Waals surface area contributed by atoms with Crippen molar-refractivity contribution < 1.29 is 5.11 Å². The molecule has 0 aliphatic heterocycles. The first-order chi connectivity index (χ1) is 15.4. The predicted molar refractivity (Wildman–Crippen MR) is 136 cm³/mol. The average molecular weight is 442 g/mol. The van der Waals surface area contributed by atoms with Gasteiger partial charge in [-0.2, -0.15) is 0 Å². The van der Waals surface area contributed by atoms with Gasteiger partial charge in [-0.1, -0.05) is 97.0 Å². The maximum absolute atomic E-state index is 11.9. The summed E-state index contributed by atoms with van der Waals surface area (Å²) >= 11 is 0. The van der Waals surface area contributed by atoms with Gasteiger partial charge in [0.25, 0.3) is 0 Å². The van der Waals surface area contributed by atoms with Crippen molar-refractivity contribution in [3.8, 4) is 11.4 Å². The van der Waals surface area contributed by atoms with Crippen LogP contribution in [0.2, 0.25) is 0 Å². The van der Waals surface area contributed by atoms with Crippen molar-refractivity contribution in [3.63, 3.8) is 0 Å². The molecule has 5 rings (SSSR count). The van der Waals surface area contributed by atoms with Gasteiger partial charge in [0.05, 0.1) is 0 Å². The van der Waals surface area contributed by atoms with Crippen molar-refractivity contribution in [2.24, 2.45) is 5.41 Å². The van der Waals surface area contributed by atoms with E-state index in [0.717, 1.165) is 28.7 Å². The zero-order valence-corrected chi connectivity index (χ0v) is 20.8. The molecule has 0 radical (unpaired) electrons. The topological polar surface area (TPSA) is 34.0 Å². The molecular formula is C29H35N3O. The first-order valence-electron chi connectivity index (χ1n) is 11.9. The number of hydrogen-bond acceptors (Lipinski definition) is 1. The van der Waals surface area contributed by atoms with Gasteiger partial charge in [0, 0.05) is 11.0 Å². The number of phenolic OH excluding ortho intramolecular Hbond substituents is 1. The lowest BCUT2D eigenvalue weighted by Crippen LogP contribution is -2.30. The molecule has 2 aromatic heterocycles. The number of benzene rings is 3. The Morgan fingerprint density at radius 1 is 0.697 bits per heavy atom. The summed E-state index contributed by atoms with van der Waals surface area (Å²) in [5.74, 6) is 0.364. The van der Waals surface area contributed by atoms with Gasteiger partial charge >= 0.3 is 0 Å². The van der Waals surface area contributed by atoms with E-state index in [2.05, 4.69) is 123 Å². The van der Waals surface area contributed by atoms with Crippen LogP contribution in [0.3, 0.4) is 0 Å². The molecule has 1 N–H and O–H groups in total. The second kappa shape index (κ2) is 6.93. The highest BCUT2D eigenvalue weighted by molar-refractivity contribution is 5.79. The van der Waals surface area contributed by atoms with E-state index in [4.69, 9.17) is 0 Å². The van der Waals surface area contributed by atoms with E-state index in [1.807, 2.05) is 6.07 Å². The van der Waals surface area contributed by atoms with Gasteiger partial charge < -0.3 is 5.11 Å². The van der Waals surface area contributed by atoms with Crippen molar-refractivity contribution in [1.29, 1.82) is 0 Å². The van der Waals surface area contributed by atoms with Crippen LogP contribution in [0.1, 0.15) is 71.6 Å². The largest absolute Gasteiger partial charge is 0.505 e. The Morgan fingerprint density at radius 2 is 1.24 bits per heavy atom. The third-order valence-corrected chi connectivity index (χ3v) is 7.01. The van der Waals surface area contributed by atoms with Gasteiger partial charge in [-0.05, 0) is 46.6 Å². The minimum Gasteiger partial charge on any atom is -0.505 e. The molecule has 0 saturated carbocycles. The third kappa shape index (κ3) is 3.35. The molecule has 4 nitrogen and oxygen atoms in total. The molecule has 3 aromatic carbocycles. The summed E-state index contributed by atoms with van der Waals surface area (Å²) in [5.41, 5.74) is 6.28. The van der Waals surface area contributed by atoms with Crippen molar-refractivity contribution in [3.05, 3.63) is 83.4 Å². The Hall–Kier alpha value is -3.14. The Kier molecular flexibility index (Phi) is 4.55. The van der Waals surface area contributed by atoms with E-state index in [-0.39, 0.29) is 16.2 Å². The van der Waals surface area contributed by atoms with Crippen LogP contribution in [0.4, 0.5) is 0 Å². The van der Waals surface area contributed by atoms with Crippen LogP contribution >= 0.6 is 0 Å². The normalized spacial score (nSPS) is 13.5. The fourth-order valence-corrected chi connectivity index (χ4v) is 5.86. The highest BCUT2D eigenvalue weighted by Gasteiger charge is 2.38. The van der Waals surface area contributed by atoms with Gasteiger partial charge in [0.15, 0.2) is 0 Å². The number of aromatic nitrogens is 3. The molecule has 0 atom stereocenters. The second-order valence-electron chi connectivity index (χ2n) is 11.8. The fraction of sp³-hybridized carbons (Fsp3) is 0.379. The van der Waals surface area contributed by atoms with Crippen molar-refractivity contribution in [2.75, 3.05) is 0 Å². The lowest BCUT2D eigenvalue weighted by atomic mass is 9.66. The summed E-state index contributed by atoms with van der Waals surface area (Å²) in [6.07, 6.45) is 1.02. The molecule has 0 saturated heterocycles. The van der Waals surface area contributed by atoms with Gasteiger partial charge in [-0.3, -0.25) is 0 Å². The zero-order valence-electron chi connectivity index (χ0n) is 20.8. The molecule has 0 amide bonds. The second-order valence-corrected chi connectivity index (χ2v) is 11.8. The first kappa shape index (κ1) is 21.7. The lowest BCUT2D eigenvalue weighted by molar-refractivity contribution is 0.280. The van der Waals surface area contributed by atoms with E-state index >= 15 is 0 Å². The summed E-state index contributed by atoms with van der Waals surface area (Å²) in [6, 6.07) is 23.2. The summed E-state index contributed by atoms with van der Waals surface area (Å²) in [7, 11) is 0. The molecule has 0 spiro atoms. The minimum absolute atomic E-state index is 0.100. The fourth-order valence-electron chi connectivity index (χ4n) is 5.86. The highest BCUT2D eigenvalue weighted by Crippen LogP contribution is 2.48. The highest BCUT2D eigenvalue weighted by atomic mass is 16.3. The predicted octanol–water partition coefficient (Wildman–Crippen LogP) is 7.17. The molecule has 0 aliphatic rings. The lowest BCUT2D eigenvalue weighted by Gasteiger charge is -2.38. The van der Waals surface area contributed by atoms with Crippen LogP contribution in [-0.2, 0) is 10.8 Å². The van der Waals surface area contributed by atoms with Crippen molar-refractivity contribution >= 4 is 11.0 Å². The monoisotopic (exact) mass is 441 g/mol. The molecule has 5 aromatic rings. The SMILES string of the molecule is CC(C)(C)CC(C)(C)c1ccc(-n2n3c4ccccc4n23)c(O)c1C(C)(C)c1ccccc1. The maximum atomic E-state index is 11.9. The van der Waals surface area contributed by atoms with Gasteiger partial charge in [0.2, 0.25) is 0 Å². The quantitative estimate of drug-likeness (QED) is 0.308. The van der Waals surface area contributed by atoms with E-state index < -0.39 is 0 Å². The molecule has 172 valence electrons. The Labute approximate surface area is 196 Å². The van der Waals surface area contributed by atoms with Crippen LogP contribution in [0.5, 0.6) is 5.75 Å². The van der Waals surface area contributed by atoms with Crippen molar-refractivity contribution in [1.82, 2.24) is 14.1 Å². The summed E-state index contributed by atoms with van der Waals surface area (Å²) in [4.78, 5) is 2.06. The number of aromatic hydroxyl groups is 1. The van der Waals surface area contributed by atoms with Crippen LogP contribution in [0.15, 0.2) is 66.7 Å². The Bertz CT molecular complexity index is 1380. The van der Waals surface area contributed by atoms with E-state index in [1.165, 1.54) is 11.1 Å². The third-order valence-electron chi connectivity index (χ3n) is 7.01. The number of nitrogens with zero attached hydrogens (tertiary/aromatic N) is 3. The van der Waals surface area contributed by atoms with Gasteiger partial charge in [-0.15, -0.1) is 14.1 Å². The van der Waals surface area contributed by atoms with Gasteiger partial charge in [-0.25, -0.2) is 0 Å². The number of fused-ring (bicyclic) bond motifs is 4. The molecule has 33 heavy (non-hydrogen) atoms. The number of phenols is 1. The average Bonchev–Trinajstić information content (AvgIpc) is 3.39. The maximum Gasteiger partial charge on any atom is 0.147 e. The van der Waals surface area contributed by atoms with Crippen LogP contribution in [-0.4, -0.2) is 19.2 Å². The first-order valence-corrected chi connectivity index (χ1v) is 11.9. The number of para-hydroxylation sites is 2. The summed E-state index contributed by atoms with van der Waals surface area (Å²) in [5, 5.41) is 11.9. The number of rotatable bonds is 5. The molecule has 0 fully saturated rings. The van der Waals surface area contributed by atoms with E-state index in [9.17, 15) is 5.11 Å². The Morgan fingerprint density at radius 3 is 1.79 bits per heavy atom. The molecule has 2 heterocycles. The van der Waals surface area contributed by atoms with Crippen molar-refractivity contribution in [2.45, 2.75) is 65.7 Å². The van der Waals surface area contributed by atoms with Gasteiger partial charge in [0.1, 0.15) is 22.5 Å². The van der Waals surface area contributed by atoms with Crippen LogP contribution in [0, 0.1) is 5.41 Å². The smallest absolute Gasteiger partial charge is 0.147 e. The summed E-state index contributed by atoms with van der Waals surface area (Å²) < 4.78 is 4.20. The molecule has 0 aliphatic carbocycles. The zero-order chi connectivity index (χ0) is 23.8. The van der Waals surface area contributed by atoms with E-state index in [0.29, 0.717) is 5.75 Å². The Balaban J connectivity index is 1.74. The minimum atomic E-state index is -0.363. The van der Waals surface area contributed by atoms with Crippen LogP contribution < -0.4 is 0 Å².